The number of imide groups is 2. The van der Waals surface area contributed by atoms with Crippen LogP contribution in [0.25, 0.3) is 6.08 Å². The van der Waals surface area contributed by atoms with Gasteiger partial charge in [0.2, 0.25) is 0 Å². The maximum absolute atomic E-state index is 12.9. The molecular weight excluding hydrogens is 416 g/mol. The van der Waals surface area contributed by atoms with Gasteiger partial charge in [-0.05, 0) is 36.4 Å². The normalized spacial score (nSPS) is 15.7. The third-order valence-electron chi connectivity index (χ3n) is 3.90. The van der Waals surface area contributed by atoms with Gasteiger partial charge in [-0.2, -0.15) is 0 Å². The number of hydrogen-bond donors (Lipinski definition) is 1. The van der Waals surface area contributed by atoms with E-state index in [0.29, 0.717) is 17.1 Å². The van der Waals surface area contributed by atoms with Crippen LogP contribution in [0, 0.1) is 0 Å². The highest BCUT2D eigenvalue weighted by molar-refractivity contribution is 9.10. The van der Waals surface area contributed by atoms with Crippen LogP contribution in [0.15, 0.2) is 52.5 Å². The van der Waals surface area contributed by atoms with E-state index >= 15 is 0 Å². The molecule has 1 N–H and O–H groups in total. The standard InChI is InChI=1S/C19H15BrN2O5/c1-26-14-5-3-4-13(10-14)22-18(24)15(17(23)21-19(22)25)9-11-8-12(20)6-7-16(11)27-2/h3-10H,1-2H3,(H,21,23,25). The van der Waals surface area contributed by atoms with E-state index in [1.807, 2.05) is 0 Å². The molecule has 0 aliphatic carbocycles. The highest BCUT2D eigenvalue weighted by atomic mass is 79.9. The Morgan fingerprint density at radius 3 is 2.52 bits per heavy atom. The Hall–Kier alpha value is -3.13. The lowest BCUT2D eigenvalue weighted by atomic mass is 10.1. The van der Waals surface area contributed by atoms with E-state index in [-0.39, 0.29) is 11.3 Å². The number of nitrogens with one attached hydrogen (secondary N) is 1. The van der Waals surface area contributed by atoms with Gasteiger partial charge in [0.05, 0.1) is 19.9 Å². The molecule has 1 heterocycles. The van der Waals surface area contributed by atoms with E-state index in [0.717, 1.165) is 9.37 Å². The van der Waals surface area contributed by atoms with E-state index in [2.05, 4.69) is 21.2 Å². The zero-order valence-corrected chi connectivity index (χ0v) is 16.1. The lowest BCUT2D eigenvalue weighted by molar-refractivity contribution is -0.122. The predicted molar refractivity (Wildman–Crippen MR) is 103 cm³/mol. The van der Waals surface area contributed by atoms with Gasteiger partial charge in [-0.3, -0.25) is 14.9 Å². The van der Waals surface area contributed by atoms with Crippen LogP contribution in [0.3, 0.4) is 0 Å². The van der Waals surface area contributed by atoms with Crippen LogP contribution in [-0.4, -0.2) is 32.1 Å². The van der Waals surface area contributed by atoms with Crippen molar-refractivity contribution in [1.29, 1.82) is 0 Å². The maximum Gasteiger partial charge on any atom is 0.335 e. The number of benzene rings is 2. The predicted octanol–water partition coefficient (Wildman–Crippen LogP) is 3.13. The third-order valence-corrected chi connectivity index (χ3v) is 4.40. The Morgan fingerprint density at radius 1 is 1.04 bits per heavy atom. The van der Waals surface area contributed by atoms with Gasteiger partial charge < -0.3 is 9.47 Å². The summed E-state index contributed by atoms with van der Waals surface area (Å²) in [6.45, 7) is 0. The topological polar surface area (TPSA) is 84.9 Å². The molecule has 4 amide bonds. The summed E-state index contributed by atoms with van der Waals surface area (Å²) >= 11 is 3.35. The van der Waals surface area contributed by atoms with Crippen LogP contribution in [-0.2, 0) is 9.59 Å². The fourth-order valence-corrected chi connectivity index (χ4v) is 2.99. The van der Waals surface area contributed by atoms with Crippen LogP contribution >= 0.6 is 15.9 Å². The molecular formula is C19H15BrN2O5. The summed E-state index contributed by atoms with van der Waals surface area (Å²) in [7, 11) is 2.96. The quantitative estimate of drug-likeness (QED) is 0.594. The van der Waals surface area contributed by atoms with Gasteiger partial charge in [0, 0.05) is 16.1 Å². The van der Waals surface area contributed by atoms with Gasteiger partial charge >= 0.3 is 6.03 Å². The van der Waals surface area contributed by atoms with Gasteiger partial charge in [-0.15, -0.1) is 0 Å². The average Bonchev–Trinajstić information content (AvgIpc) is 2.65. The molecule has 0 unspecified atom stereocenters. The van der Waals surface area contributed by atoms with Crippen molar-refractivity contribution >= 4 is 45.5 Å². The van der Waals surface area contributed by atoms with E-state index in [4.69, 9.17) is 9.47 Å². The number of nitrogens with zero attached hydrogens (tertiary/aromatic N) is 1. The van der Waals surface area contributed by atoms with Gasteiger partial charge in [0.1, 0.15) is 17.1 Å². The Bertz CT molecular complexity index is 970. The second kappa shape index (κ2) is 7.63. The molecule has 0 saturated carbocycles. The number of anilines is 1. The first kappa shape index (κ1) is 18.7. The Morgan fingerprint density at radius 2 is 1.81 bits per heavy atom. The second-order valence-corrected chi connectivity index (χ2v) is 6.46. The molecule has 0 spiro atoms. The van der Waals surface area contributed by atoms with Crippen molar-refractivity contribution in [2.45, 2.75) is 0 Å². The van der Waals surface area contributed by atoms with Crippen molar-refractivity contribution in [2.75, 3.05) is 19.1 Å². The van der Waals surface area contributed by atoms with Crippen molar-refractivity contribution < 1.29 is 23.9 Å². The van der Waals surface area contributed by atoms with Crippen LogP contribution in [0.2, 0.25) is 0 Å². The molecule has 2 aromatic carbocycles. The number of methoxy groups -OCH3 is 2. The number of rotatable bonds is 4. The summed E-state index contributed by atoms with van der Waals surface area (Å²) in [6, 6.07) is 10.8. The minimum atomic E-state index is -0.823. The molecule has 0 radical (unpaired) electrons. The number of amides is 4. The summed E-state index contributed by atoms with van der Waals surface area (Å²) < 4.78 is 11.1. The van der Waals surface area contributed by atoms with E-state index in [9.17, 15) is 14.4 Å². The first-order valence-corrected chi connectivity index (χ1v) is 8.63. The molecule has 1 aliphatic heterocycles. The molecule has 8 heteroatoms. The fourth-order valence-electron chi connectivity index (χ4n) is 2.62. The van der Waals surface area contributed by atoms with Gasteiger partial charge in [-0.1, -0.05) is 22.0 Å². The first-order valence-electron chi connectivity index (χ1n) is 7.83. The number of halogens is 1. The molecule has 1 saturated heterocycles. The van der Waals surface area contributed by atoms with E-state index in [1.165, 1.54) is 26.4 Å². The van der Waals surface area contributed by atoms with Crippen LogP contribution in [0.5, 0.6) is 11.5 Å². The molecule has 0 atom stereocenters. The lowest BCUT2D eigenvalue weighted by Gasteiger charge is -2.26. The molecule has 3 rings (SSSR count). The molecule has 7 nitrogen and oxygen atoms in total. The number of barbiturate groups is 1. The van der Waals surface area contributed by atoms with Gasteiger partial charge in [0.15, 0.2) is 0 Å². The van der Waals surface area contributed by atoms with Crippen LogP contribution in [0.1, 0.15) is 5.56 Å². The first-order chi connectivity index (χ1) is 12.9. The van der Waals surface area contributed by atoms with Gasteiger partial charge in [-0.25, -0.2) is 9.69 Å². The third kappa shape index (κ3) is 3.70. The van der Waals surface area contributed by atoms with Gasteiger partial charge in [0.25, 0.3) is 11.8 Å². The van der Waals surface area contributed by atoms with Crippen molar-refractivity contribution in [3.8, 4) is 11.5 Å². The molecule has 0 bridgehead atoms. The second-order valence-electron chi connectivity index (χ2n) is 5.55. The summed E-state index contributed by atoms with van der Waals surface area (Å²) in [5.41, 5.74) is 0.621. The fraction of sp³-hybridized carbons (Fsp3) is 0.105. The minimum Gasteiger partial charge on any atom is -0.497 e. The SMILES string of the molecule is COc1cccc(N2C(=O)NC(=O)C(=Cc3cc(Br)ccc3OC)C2=O)c1. The molecule has 0 aromatic heterocycles. The van der Waals surface area contributed by atoms with Crippen molar-refractivity contribution in [1.82, 2.24) is 5.32 Å². The largest absolute Gasteiger partial charge is 0.497 e. The summed E-state index contributed by atoms with van der Waals surface area (Å²) in [5, 5.41) is 2.18. The molecule has 2 aromatic rings. The molecule has 1 fully saturated rings. The molecule has 27 heavy (non-hydrogen) atoms. The zero-order valence-electron chi connectivity index (χ0n) is 14.5. The Balaban J connectivity index is 2.06. The van der Waals surface area contributed by atoms with Crippen molar-refractivity contribution in [3.05, 3.63) is 58.1 Å². The number of urea groups is 1. The van der Waals surface area contributed by atoms with Crippen LogP contribution < -0.4 is 19.7 Å². The average molecular weight is 431 g/mol. The minimum absolute atomic E-state index is 0.186. The number of carbonyl (C=O) groups is 3. The zero-order chi connectivity index (χ0) is 19.6. The lowest BCUT2D eigenvalue weighted by Crippen LogP contribution is -2.54. The van der Waals surface area contributed by atoms with Crippen molar-refractivity contribution in [2.24, 2.45) is 0 Å². The molecule has 138 valence electrons. The van der Waals surface area contributed by atoms with Crippen molar-refractivity contribution in [3.63, 3.8) is 0 Å². The number of carbonyl (C=O) groups excluding carboxylic acids is 3. The summed E-state index contributed by atoms with van der Waals surface area (Å²) in [4.78, 5) is 38.3. The summed E-state index contributed by atoms with van der Waals surface area (Å²) in [5.74, 6) is -0.550. The van der Waals surface area contributed by atoms with E-state index in [1.54, 1.807) is 36.4 Å². The highest BCUT2D eigenvalue weighted by Gasteiger charge is 2.37. The highest BCUT2D eigenvalue weighted by Crippen LogP contribution is 2.28. The number of ether oxygens (including phenoxy) is 2. The van der Waals surface area contributed by atoms with Crippen LogP contribution in [0.4, 0.5) is 10.5 Å². The Labute approximate surface area is 163 Å². The Kier molecular flexibility index (Phi) is 5.27. The maximum atomic E-state index is 12.9. The summed E-state index contributed by atoms with van der Waals surface area (Å²) in [6.07, 6.45) is 1.39. The number of hydrogen-bond acceptors (Lipinski definition) is 5. The molecule has 1 aliphatic rings. The van der Waals surface area contributed by atoms with E-state index < -0.39 is 17.8 Å². The monoisotopic (exact) mass is 430 g/mol. The smallest absolute Gasteiger partial charge is 0.335 e.